The summed E-state index contributed by atoms with van der Waals surface area (Å²) >= 11 is 6.49. The van der Waals surface area contributed by atoms with Crippen molar-refractivity contribution in [2.24, 2.45) is 0 Å². The van der Waals surface area contributed by atoms with Crippen LogP contribution in [0.15, 0.2) is 89.4 Å². The quantitative estimate of drug-likeness (QED) is 0.277. The van der Waals surface area contributed by atoms with E-state index in [1.807, 2.05) is 60.7 Å². The van der Waals surface area contributed by atoms with Crippen LogP contribution in [0.5, 0.6) is 17.2 Å². The molecule has 0 spiro atoms. The van der Waals surface area contributed by atoms with E-state index in [9.17, 15) is 9.59 Å². The maximum atomic E-state index is 13.2. The van der Waals surface area contributed by atoms with Gasteiger partial charge in [0.15, 0.2) is 23.1 Å². The van der Waals surface area contributed by atoms with Crippen LogP contribution in [0.4, 0.5) is 0 Å². The summed E-state index contributed by atoms with van der Waals surface area (Å²) in [7, 11) is 1.61. The Labute approximate surface area is 244 Å². The molecule has 0 N–H and O–H groups in total. The maximum Gasteiger partial charge on any atom is 0.163 e. The first kappa shape index (κ1) is 27.2. The average molecular weight is 571 g/mol. The van der Waals surface area contributed by atoms with E-state index in [0.29, 0.717) is 82.8 Å². The van der Waals surface area contributed by atoms with Crippen molar-refractivity contribution in [3.63, 3.8) is 0 Å². The molecule has 0 bridgehead atoms. The number of halogens is 1. The third kappa shape index (κ3) is 5.62. The molecule has 0 saturated carbocycles. The highest BCUT2D eigenvalue weighted by atomic mass is 35.5. The Balaban J connectivity index is 1.29. The monoisotopic (exact) mass is 570 g/mol. The van der Waals surface area contributed by atoms with Crippen LogP contribution in [0.3, 0.4) is 0 Å². The van der Waals surface area contributed by atoms with Crippen molar-refractivity contribution in [1.29, 1.82) is 0 Å². The maximum absolute atomic E-state index is 13.2. The van der Waals surface area contributed by atoms with Gasteiger partial charge in [-0.15, -0.1) is 0 Å². The van der Waals surface area contributed by atoms with Crippen molar-refractivity contribution in [1.82, 2.24) is 0 Å². The highest BCUT2D eigenvalue weighted by Crippen LogP contribution is 2.50. The predicted molar refractivity (Wildman–Crippen MR) is 155 cm³/mol. The Morgan fingerprint density at radius 1 is 0.732 bits per heavy atom. The van der Waals surface area contributed by atoms with Gasteiger partial charge in [-0.25, -0.2) is 0 Å². The summed E-state index contributed by atoms with van der Waals surface area (Å²) in [6.07, 6.45) is 3.71. The van der Waals surface area contributed by atoms with Gasteiger partial charge < -0.3 is 18.9 Å². The van der Waals surface area contributed by atoms with Crippen molar-refractivity contribution in [3.05, 3.63) is 111 Å². The summed E-state index contributed by atoms with van der Waals surface area (Å²) in [5, 5.41) is 0.510. The molecule has 0 amide bonds. The molecule has 0 radical (unpaired) electrons. The summed E-state index contributed by atoms with van der Waals surface area (Å²) in [6, 6.07) is 21.0. The number of ketones is 2. The molecule has 0 aromatic heterocycles. The zero-order valence-corrected chi connectivity index (χ0v) is 23.7. The molecule has 1 heterocycles. The lowest BCUT2D eigenvalue weighted by Crippen LogP contribution is -2.30. The predicted octanol–water partition coefficient (Wildman–Crippen LogP) is 7.63. The van der Waals surface area contributed by atoms with E-state index in [1.54, 1.807) is 13.2 Å². The van der Waals surface area contributed by atoms with E-state index < -0.39 is 5.92 Å². The smallest absolute Gasteiger partial charge is 0.163 e. The number of hydrogen-bond acceptors (Lipinski definition) is 6. The van der Waals surface area contributed by atoms with E-state index in [2.05, 4.69) is 0 Å². The van der Waals surface area contributed by atoms with Crippen molar-refractivity contribution in [2.45, 2.75) is 57.7 Å². The molecule has 7 heteroatoms. The number of Topliss-reactive ketones (excluding diaryl/α,β-unsaturated/α-hetero) is 2. The molecule has 210 valence electrons. The number of carbonyl (C=O) groups is 2. The topological polar surface area (TPSA) is 71.1 Å². The van der Waals surface area contributed by atoms with Crippen LogP contribution < -0.4 is 14.2 Å². The fourth-order valence-corrected chi connectivity index (χ4v) is 6.00. The normalized spacial score (nSPS) is 17.1. The van der Waals surface area contributed by atoms with Gasteiger partial charge >= 0.3 is 0 Å². The van der Waals surface area contributed by atoms with Crippen LogP contribution in [0.1, 0.15) is 61.1 Å². The molecule has 0 unspecified atom stereocenters. The average Bonchev–Trinajstić information content (AvgIpc) is 2.99. The fourth-order valence-electron chi connectivity index (χ4n) is 5.82. The van der Waals surface area contributed by atoms with Crippen LogP contribution in [-0.4, -0.2) is 18.7 Å². The molecule has 2 aliphatic carbocycles. The van der Waals surface area contributed by atoms with E-state index in [0.717, 1.165) is 24.0 Å². The zero-order chi connectivity index (χ0) is 28.3. The summed E-state index contributed by atoms with van der Waals surface area (Å²) in [6.45, 7) is 0.673. The number of benzene rings is 3. The lowest BCUT2D eigenvalue weighted by atomic mass is 9.73. The lowest BCUT2D eigenvalue weighted by Gasteiger charge is -2.36. The SMILES string of the molecule is COc1cc(COc2ccc(Cl)cc2C2C3=C(CCCC3=O)OC3=C2C(=O)CCC3)ccc1OCc1ccccc1. The van der Waals surface area contributed by atoms with Gasteiger partial charge in [0, 0.05) is 47.4 Å². The van der Waals surface area contributed by atoms with Gasteiger partial charge in [0.25, 0.3) is 0 Å². The molecule has 1 aliphatic heterocycles. The largest absolute Gasteiger partial charge is 0.493 e. The molecule has 6 rings (SSSR count). The second-order valence-corrected chi connectivity index (χ2v) is 10.9. The standard InChI is InChI=1S/C34H31ClO6/c1-38-31-17-22(13-15-28(31)40-19-21-7-3-2-4-8-21)20-39-27-16-14-23(35)18-24(27)32-33-25(36)9-5-11-29(33)41-30-12-6-10-26(37)34(30)32/h2-4,7-8,13-18,32H,5-6,9-12,19-20H2,1H3. The number of rotatable bonds is 8. The minimum atomic E-state index is -0.550. The molecular weight excluding hydrogens is 540 g/mol. The minimum Gasteiger partial charge on any atom is -0.493 e. The fraction of sp³-hybridized carbons (Fsp3) is 0.294. The summed E-state index contributed by atoms with van der Waals surface area (Å²) < 4.78 is 24.2. The molecule has 0 saturated heterocycles. The van der Waals surface area contributed by atoms with Crippen LogP contribution in [0.25, 0.3) is 0 Å². The number of hydrogen-bond donors (Lipinski definition) is 0. The third-order valence-electron chi connectivity index (χ3n) is 7.78. The zero-order valence-electron chi connectivity index (χ0n) is 22.9. The number of allylic oxidation sites excluding steroid dienone is 4. The molecule has 3 aromatic rings. The van der Waals surface area contributed by atoms with Crippen molar-refractivity contribution in [2.75, 3.05) is 7.11 Å². The first-order chi connectivity index (χ1) is 20.0. The first-order valence-electron chi connectivity index (χ1n) is 14.0. The van der Waals surface area contributed by atoms with Crippen molar-refractivity contribution >= 4 is 23.2 Å². The molecule has 41 heavy (non-hydrogen) atoms. The van der Waals surface area contributed by atoms with Gasteiger partial charge in [0.2, 0.25) is 0 Å². The lowest BCUT2D eigenvalue weighted by molar-refractivity contribution is -0.117. The molecular formula is C34H31ClO6. The minimum absolute atomic E-state index is 0.0166. The van der Waals surface area contributed by atoms with Gasteiger partial charge in [-0.05, 0) is 54.3 Å². The van der Waals surface area contributed by atoms with Gasteiger partial charge in [-0.2, -0.15) is 0 Å². The molecule has 6 nitrogen and oxygen atoms in total. The Kier molecular flexibility index (Phi) is 7.84. The first-order valence-corrected chi connectivity index (χ1v) is 14.4. The van der Waals surface area contributed by atoms with Crippen LogP contribution in [0, 0.1) is 0 Å². The van der Waals surface area contributed by atoms with Gasteiger partial charge in [-0.3, -0.25) is 9.59 Å². The van der Waals surface area contributed by atoms with Crippen LogP contribution in [-0.2, 0) is 27.5 Å². The van der Waals surface area contributed by atoms with Gasteiger partial charge in [-0.1, -0.05) is 48.0 Å². The van der Waals surface area contributed by atoms with E-state index in [1.165, 1.54) is 0 Å². The van der Waals surface area contributed by atoms with Gasteiger partial charge in [0.05, 0.1) is 13.0 Å². The van der Waals surface area contributed by atoms with E-state index >= 15 is 0 Å². The Morgan fingerprint density at radius 3 is 2.05 bits per heavy atom. The Morgan fingerprint density at radius 2 is 1.37 bits per heavy atom. The second kappa shape index (κ2) is 11.8. The molecule has 3 aromatic carbocycles. The summed E-state index contributed by atoms with van der Waals surface area (Å²) in [5.41, 5.74) is 3.79. The Hall–Kier alpha value is -4.03. The molecule has 0 atom stereocenters. The second-order valence-electron chi connectivity index (χ2n) is 10.5. The van der Waals surface area contributed by atoms with Crippen LogP contribution in [0.2, 0.25) is 5.02 Å². The highest BCUT2D eigenvalue weighted by molar-refractivity contribution is 6.30. The summed E-state index contributed by atoms with van der Waals surface area (Å²) in [5.74, 6) is 2.66. The van der Waals surface area contributed by atoms with Crippen LogP contribution >= 0.6 is 11.6 Å². The van der Waals surface area contributed by atoms with Gasteiger partial charge in [0.1, 0.15) is 30.5 Å². The van der Waals surface area contributed by atoms with Crippen molar-refractivity contribution in [3.8, 4) is 17.2 Å². The molecule has 0 fully saturated rings. The van der Waals surface area contributed by atoms with E-state index in [4.69, 9.17) is 30.5 Å². The van der Waals surface area contributed by atoms with E-state index in [-0.39, 0.29) is 18.2 Å². The Bertz CT molecular complexity index is 1510. The third-order valence-corrected chi connectivity index (χ3v) is 8.02. The summed E-state index contributed by atoms with van der Waals surface area (Å²) in [4.78, 5) is 26.5. The van der Waals surface area contributed by atoms with Crippen molar-refractivity contribution < 1.29 is 28.5 Å². The number of methoxy groups -OCH3 is 1. The highest BCUT2D eigenvalue weighted by Gasteiger charge is 2.42. The molecule has 3 aliphatic rings. The number of carbonyl (C=O) groups excluding carboxylic acids is 2. The number of ether oxygens (including phenoxy) is 4.